The minimum absolute atomic E-state index is 0.295. The van der Waals surface area contributed by atoms with Crippen molar-refractivity contribution in [2.45, 2.75) is 12.8 Å². The lowest BCUT2D eigenvalue weighted by atomic mass is 10.4. The van der Waals surface area contributed by atoms with Crippen molar-refractivity contribution in [3.05, 3.63) is 12.1 Å². The van der Waals surface area contributed by atoms with Gasteiger partial charge in [0.25, 0.3) is 0 Å². The predicted octanol–water partition coefficient (Wildman–Crippen LogP) is 0.414. The van der Waals surface area contributed by atoms with E-state index in [4.69, 9.17) is 10.5 Å². The molecule has 0 aliphatic heterocycles. The maximum absolute atomic E-state index is 10.9. The number of hydrogen-bond donors (Lipinski definition) is 3. The number of nitrogens with zero attached hydrogens (tertiary/aromatic N) is 1. The quantitative estimate of drug-likeness (QED) is 0.601. The Labute approximate surface area is 119 Å². The van der Waals surface area contributed by atoms with Gasteiger partial charge in [0.2, 0.25) is 15.9 Å². The molecule has 0 radical (unpaired) electrons. The lowest BCUT2D eigenvalue weighted by Gasteiger charge is -2.10. The van der Waals surface area contributed by atoms with Gasteiger partial charge in [0.05, 0.1) is 18.6 Å². The molecule has 0 aromatic carbocycles. The Morgan fingerprint density at radius 2 is 2.15 bits per heavy atom. The minimum atomic E-state index is -3.16. The molecule has 1 saturated carbocycles. The summed E-state index contributed by atoms with van der Waals surface area (Å²) in [5.41, 5.74) is 6.31. The second-order valence-electron chi connectivity index (χ2n) is 4.94. The van der Waals surface area contributed by atoms with E-state index in [1.165, 1.54) is 12.8 Å². The van der Waals surface area contributed by atoms with E-state index in [9.17, 15) is 8.42 Å². The van der Waals surface area contributed by atoms with Crippen LogP contribution in [0.3, 0.4) is 0 Å². The Kier molecular flexibility index (Phi) is 4.66. The largest absolute Gasteiger partial charge is 0.476 e. The standard InChI is InChI=1S/C12H20N4O3S/c1-20(17,18)15-7-6-14-11-5-4-10(13)12(16-11)19-8-9-2-3-9/h4-5,9,15H,2-3,6-8,13H2,1H3,(H,14,16). The van der Waals surface area contributed by atoms with Crippen molar-refractivity contribution in [2.24, 2.45) is 5.92 Å². The van der Waals surface area contributed by atoms with Crippen LogP contribution in [0.15, 0.2) is 12.1 Å². The van der Waals surface area contributed by atoms with Crippen molar-refractivity contribution >= 4 is 21.5 Å². The Bertz CT molecular complexity index is 558. The van der Waals surface area contributed by atoms with Gasteiger partial charge in [-0.3, -0.25) is 0 Å². The van der Waals surface area contributed by atoms with Crippen LogP contribution in [0.1, 0.15) is 12.8 Å². The van der Waals surface area contributed by atoms with Crippen molar-refractivity contribution in [1.82, 2.24) is 9.71 Å². The van der Waals surface area contributed by atoms with Crippen LogP contribution in [0.25, 0.3) is 0 Å². The molecule has 8 heteroatoms. The van der Waals surface area contributed by atoms with Crippen molar-refractivity contribution in [1.29, 1.82) is 0 Å². The molecule has 1 aliphatic carbocycles. The van der Waals surface area contributed by atoms with Gasteiger partial charge >= 0.3 is 0 Å². The molecule has 0 saturated heterocycles. The van der Waals surface area contributed by atoms with E-state index < -0.39 is 10.0 Å². The Hall–Kier alpha value is -1.54. The van der Waals surface area contributed by atoms with Crippen LogP contribution in [-0.4, -0.2) is 39.4 Å². The van der Waals surface area contributed by atoms with Crippen LogP contribution < -0.4 is 20.5 Å². The number of nitrogens with two attached hydrogens (primary N) is 1. The fourth-order valence-corrected chi connectivity index (χ4v) is 2.05. The van der Waals surface area contributed by atoms with Gasteiger partial charge in [0.1, 0.15) is 5.82 Å². The summed E-state index contributed by atoms with van der Waals surface area (Å²) in [4.78, 5) is 4.27. The molecule has 0 atom stereocenters. The van der Waals surface area contributed by atoms with Gasteiger partial charge in [-0.05, 0) is 30.9 Å². The van der Waals surface area contributed by atoms with Gasteiger partial charge in [-0.25, -0.2) is 13.1 Å². The Morgan fingerprint density at radius 1 is 1.40 bits per heavy atom. The monoisotopic (exact) mass is 300 g/mol. The van der Waals surface area contributed by atoms with E-state index in [0.29, 0.717) is 43.0 Å². The number of pyridine rings is 1. The van der Waals surface area contributed by atoms with Gasteiger partial charge in [0, 0.05) is 13.1 Å². The highest BCUT2D eigenvalue weighted by atomic mass is 32.2. The summed E-state index contributed by atoms with van der Waals surface area (Å²) in [6, 6.07) is 3.46. The number of nitrogens with one attached hydrogen (secondary N) is 2. The number of nitrogen functional groups attached to an aromatic ring is 1. The zero-order chi connectivity index (χ0) is 14.6. The average Bonchev–Trinajstić information content (AvgIpc) is 3.17. The van der Waals surface area contributed by atoms with E-state index in [1.54, 1.807) is 12.1 Å². The van der Waals surface area contributed by atoms with Crippen molar-refractivity contribution < 1.29 is 13.2 Å². The zero-order valence-corrected chi connectivity index (χ0v) is 12.2. The number of sulfonamides is 1. The van der Waals surface area contributed by atoms with Gasteiger partial charge in [-0.2, -0.15) is 4.98 Å². The molecule has 1 aliphatic rings. The van der Waals surface area contributed by atoms with Crippen LogP contribution >= 0.6 is 0 Å². The number of rotatable bonds is 8. The Morgan fingerprint density at radius 3 is 2.80 bits per heavy atom. The molecular formula is C12H20N4O3S. The molecule has 20 heavy (non-hydrogen) atoms. The van der Waals surface area contributed by atoms with Crippen molar-refractivity contribution in [3.63, 3.8) is 0 Å². The third-order valence-corrected chi connectivity index (χ3v) is 3.57. The first kappa shape index (κ1) is 14.9. The average molecular weight is 300 g/mol. The maximum Gasteiger partial charge on any atom is 0.239 e. The normalized spacial score (nSPS) is 15.1. The molecule has 0 unspecified atom stereocenters. The molecule has 0 spiro atoms. The minimum Gasteiger partial charge on any atom is -0.476 e. The lowest BCUT2D eigenvalue weighted by molar-refractivity contribution is 0.290. The number of hydrogen-bond acceptors (Lipinski definition) is 6. The first-order chi connectivity index (χ1) is 9.44. The van der Waals surface area contributed by atoms with Crippen LogP contribution in [0, 0.1) is 5.92 Å². The third-order valence-electron chi connectivity index (χ3n) is 2.84. The van der Waals surface area contributed by atoms with Gasteiger partial charge in [-0.15, -0.1) is 0 Å². The molecule has 1 aromatic heterocycles. The second kappa shape index (κ2) is 6.27. The fourth-order valence-electron chi connectivity index (χ4n) is 1.57. The summed E-state index contributed by atoms with van der Waals surface area (Å²) in [6.45, 7) is 1.38. The number of aromatic nitrogens is 1. The summed E-state index contributed by atoms with van der Waals surface area (Å²) in [5.74, 6) is 1.67. The summed E-state index contributed by atoms with van der Waals surface area (Å²) >= 11 is 0. The molecule has 7 nitrogen and oxygen atoms in total. The van der Waals surface area contributed by atoms with Crippen LogP contribution in [-0.2, 0) is 10.0 Å². The van der Waals surface area contributed by atoms with Crippen molar-refractivity contribution in [3.8, 4) is 5.88 Å². The van der Waals surface area contributed by atoms with E-state index in [0.717, 1.165) is 6.26 Å². The molecule has 1 fully saturated rings. The molecule has 2 rings (SSSR count). The molecule has 0 amide bonds. The third kappa shape index (κ3) is 5.22. The van der Waals surface area contributed by atoms with E-state index in [-0.39, 0.29) is 0 Å². The number of ether oxygens (including phenoxy) is 1. The smallest absolute Gasteiger partial charge is 0.239 e. The van der Waals surface area contributed by atoms with Crippen molar-refractivity contribution in [2.75, 3.05) is 37.0 Å². The predicted molar refractivity (Wildman–Crippen MR) is 78.2 cm³/mol. The van der Waals surface area contributed by atoms with Gasteiger partial charge < -0.3 is 15.8 Å². The first-order valence-electron chi connectivity index (χ1n) is 6.52. The molecule has 0 bridgehead atoms. The molecule has 1 heterocycles. The van der Waals surface area contributed by atoms with E-state index in [1.807, 2.05) is 0 Å². The van der Waals surface area contributed by atoms with E-state index in [2.05, 4.69) is 15.0 Å². The van der Waals surface area contributed by atoms with Gasteiger partial charge in [-0.1, -0.05) is 0 Å². The van der Waals surface area contributed by atoms with Crippen LogP contribution in [0.5, 0.6) is 5.88 Å². The first-order valence-corrected chi connectivity index (χ1v) is 8.41. The zero-order valence-electron chi connectivity index (χ0n) is 11.4. The molecule has 4 N–H and O–H groups in total. The summed E-state index contributed by atoms with van der Waals surface area (Å²) in [7, 11) is -3.16. The highest BCUT2D eigenvalue weighted by Crippen LogP contribution is 2.30. The van der Waals surface area contributed by atoms with E-state index >= 15 is 0 Å². The topological polar surface area (TPSA) is 106 Å². The SMILES string of the molecule is CS(=O)(=O)NCCNc1ccc(N)c(OCC2CC2)n1. The summed E-state index contributed by atoms with van der Waals surface area (Å²) < 4.78 is 29.8. The summed E-state index contributed by atoms with van der Waals surface area (Å²) in [6.07, 6.45) is 3.53. The second-order valence-corrected chi connectivity index (χ2v) is 6.77. The summed E-state index contributed by atoms with van der Waals surface area (Å²) in [5, 5.41) is 3.01. The molecule has 112 valence electrons. The van der Waals surface area contributed by atoms with Crippen LogP contribution in [0.4, 0.5) is 11.5 Å². The molecule has 1 aromatic rings. The van der Waals surface area contributed by atoms with Gasteiger partial charge in [0.15, 0.2) is 0 Å². The Balaban J connectivity index is 1.82. The van der Waals surface area contributed by atoms with Crippen LogP contribution in [0.2, 0.25) is 0 Å². The fraction of sp³-hybridized carbons (Fsp3) is 0.583. The number of anilines is 2. The highest BCUT2D eigenvalue weighted by Gasteiger charge is 2.22. The highest BCUT2D eigenvalue weighted by molar-refractivity contribution is 7.88. The molecular weight excluding hydrogens is 280 g/mol. The maximum atomic E-state index is 10.9. The lowest BCUT2D eigenvalue weighted by Crippen LogP contribution is -2.27.